The van der Waals surface area contributed by atoms with Crippen LogP contribution in [-0.4, -0.2) is 14.4 Å². The summed E-state index contributed by atoms with van der Waals surface area (Å²) in [6, 6.07) is 7.93. The lowest BCUT2D eigenvalue weighted by molar-refractivity contribution is 0.627. The van der Waals surface area contributed by atoms with Crippen molar-refractivity contribution in [2.24, 2.45) is 0 Å². The van der Waals surface area contributed by atoms with Crippen LogP contribution < -0.4 is 10.1 Å². The van der Waals surface area contributed by atoms with E-state index in [9.17, 15) is 9.18 Å². The van der Waals surface area contributed by atoms with E-state index in [1.807, 2.05) is 6.07 Å². The first-order chi connectivity index (χ1) is 10.6. The van der Waals surface area contributed by atoms with Gasteiger partial charge in [0.2, 0.25) is 0 Å². The summed E-state index contributed by atoms with van der Waals surface area (Å²) >= 11 is 4.60. The Bertz CT molecular complexity index is 1140. The predicted molar refractivity (Wildman–Crippen MR) is 87.5 cm³/mol. The highest BCUT2D eigenvalue weighted by Gasteiger charge is 2.12. The zero-order chi connectivity index (χ0) is 15.3. The van der Waals surface area contributed by atoms with Crippen LogP contribution in [0, 0.1) is 5.82 Å². The van der Waals surface area contributed by atoms with Crippen LogP contribution in [0.4, 0.5) is 4.39 Å². The molecule has 0 bridgehead atoms. The van der Waals surface area contributed by atoms with Gasteiger partial charge in [-0.1, -0.05) is 23.5 Å². The third kappa shape index (κ3) is 2.13. The molecule has 108 valence electrons. The molecule has 0 saturated heterocycles. The summed E-state index contributed by atoms with van der Waals surface area (Å²) in [7, 11) is 0. The molecule has 3 heterocycles. The number of nitrogens with zero attached hydrogens (tertiary/aromatic N) is 3. The summed E-state index contributed by atoms with van der Waals surface area (Å²) < 4.78 is 16.0. The van der Waals surface area contributed by atoms with E-state index in [4.69, 9.17) is 0 Å². The predicted octanol–water partition coefficient (Wildman–Crippen LogP) is 2.75. The highest BCUT2D eigenvalue weighted by molar-refractivity contribution is 9.10. The van der Waals surface area contributed by atoms with E-state index in [1.165, 1.54) is 27.9 Å². The average molecular weight is 376 g/mol. The van der Waals surface area contributed by atoms with Crippen LogP contribution in [0.3, 0.4) is 0 Å². The number of fused-ring (bicyclic) bond motifs is 3. The number of hydrogen-bond acceptors (Lipinski definition) is 4. The highest BCUT2D eigenvalue weighted by Crippen LogP contribution is 2.18. The molecule has 0 aliphatic heterocycles. The van der Waals surface area contributed by atoms with Crippen molar-refractivity contribution in [2.75, 3.05) is 0 Å². The van der Waals surface area contributed by atoms with Gasteiger partial charge in [0.1, 0.15) is 11.3 Å². The second kappa shape index (κ2) is 4.96. The number of benzene rings is 1. The topological polar surface area (TPSA) is 47.3 Å². The van der Waals surface area contributed by atoms with Crippen LogP contribution in [-0.2, 0) is 0 Å². The fourth-order valence-electron chi connectivity index (χ4n) is 2.26. The Morgan fingerprint density at radius 2 is 2.18 bits per heavy atom. The second-order valence-electron chi connectivity index (χ2n) is 4.70. The van der Waals surface area contributed by atoms with Crippen LogP contribution in [0.2, 0.25) is 0 Å². The summed E-state index contributed by atoms with van der Waals surface area (Å²) in [4.78, 5) is 21.8. The monoisotopic (exact) mass is 375 g/mol. The van der Waals surface area contributed by atoms with Crippen molar-refractivity contribution in [1.82, 2.24) is 14.4 Å². The first-order valence-corrected chi connectivity index (χ1v) is 7.96. The zero-order valence-corrected chi connectivity index (χ0v) is 13.4. The molecule has 4 rings (SSSR count). The third-order valence-electron chi connectivity index (χ3n) is 3.19. The summed E-state index contributed by atoms with van der Waals surface area (Å²) in [5, 5.41) is 0. The van der Waals surface area contributed by atoms with E-state index < -0.39 is 0 Å². The van der Waals surface area contributed by atoms with E-state index in [2.05, 4.69) is 25.9 Å². The molecule has 22 heavy (non-hydrogen) atoms. The van der Waals surface area contributed by atoms with Gasteiger partial charge in [0, 0.05) is 10.7 Å². The number of halogens is 2. The number of hydrogen-bond donors (Lipinski definition) is 0. The quantitative estimate of drug-likeness (QED) is 0.513. The molecule has 0 amide bonds. The van der Waals surface area contributed by atoms with Gasteiger partial charge in [0.15, 0.2) is 10.6 Å². The Hall–Kier alpha value is -2.12. The Morgan fingerprint density at radius 1 is 1.32 bits per heavy atom. The van der Waals surface area contributed by atoms with Gasteiger partial charge in [0.25, 0.3) is 5.56 Å². The molecule has 0 fully saturated rings. The molecule has 4 aromatic rings. The molecule has 0 unspecified atom stereocenters. The summed E-state index contributed by atoms with van der Waals surface area (Å²) in [5.41, 5.74) is 1.64. The molecule has 0 aliphatic rings. The van der Waals surface area contributed by atoms with Crippen LogP contribution in [0.25, 0.3) is 22.2 Å². The van der Waals surface area contributed by atoms with Crippen molar-refractivity contribution >= 4 is 49.5 Å². The smallest absolute Gasteiger partial charge is 0.267 e. The van der Waals surface area contributed by atoms with E-state index >= 15 is 0 Å². The highest BCUT2D eigenvalue weighted by atomic mass is 79.9. The fraction of sp³-hybridized carbons (Fsp3) is 0. The normalized spacial score (nSPS) is 12.5. The van der Waals surface area contributed by atoms with Crippen molar-refractivity contribution in [2.45, 2.75) is 0 Å². The van der Waals surface area contributed by atoms with Gasteiger partial charge in [-0.15, -0.1) is 0 Å². The lowest BCUT2D eigenvalue weighted by atomic mass is 10.2. The number of rotatable bonds is 1. The maximum Gasteiger partial charge on any atom is 0.276 e. The maximum atomic E-state index is 13.2. The maximum absolute atomic E-state index is 13.2. The van der Waals surface area contributed by atoms with Gasteiger partial charge in [0.05, 0.1) is 4.53 Å². The van der Waals surface area contributed by atoms with E-state index in [0.29, 0.717) is 26.2 Å². The molecule has 1 aromatic carbocycles. The molecule has 0 aliphatic carbocycles. The molecule has 3 aromatic heterocycles. The van der Waals surface area contributed by atoms with Crippen molar-refractivity contribution in [3.63, 3.8) is 0 Å². The second-order valence-corrected chi connectivity index (χ2v) is 6.62. The minimum atomic E-state index is -0.334. The Kier molecular flexibility index (Phi) is 3.05. The summed E-state index contributed by atoms with van der Waals surface area (Å²) in [5.74, 6) is -0.334. The number of pyridine rings is 1. The Morgan fingerprint density at radius 3 is 3.00 bits per heavy atom. The lowest BCUT2D eigenvalue weighted by Crippen LogP contribution is -2.22. The van der Waals surface area contributed by atoms with Crippen molar-refractivity contribution < 1.29 is 4.39 Å². The number of imidazole rings is 1. The summed E-state index contributed by atoms with van der Waals surface area (Å²) in [6.07, 6.45) is 3.29. The molecule has 4 nitrogen and oxygen atoms in total. The van der Waals surface area contributed by atoms with Crippen LogP contribution >= 0.6 is 27.3 Å². The van der Waals surface area contributed by atoms with Crippen molar-refractivity contribution in [1.29, 1.82) is 0 Å². The van der Waals surface area contributed by atoms with Gasteiger partial charge in [-0.25, -0.2) is 18.8 Å². The minimum Gasteiger partial charge on any atom is -0.267 e. The van der Waals surface area contributed by atoms with Crippen LogP contribution in [0.1, 0.15) is 5.56 Å². The molecular formula is C15H7BrFN3OS. The molecule has 0 N–H and O–H groups in total. The lowest BCUT2D eigenvalue weighted by Gasteiger charge is -1.91. The number of thiazole rings is 1. The van der Waals surface area contributed by atoms with E-state index in [0.717, 1.165) is 4.47 Å². The molecule has 0 saturated carbocycles. The molecule has 7 heteroatoms. The molecular weight excluding hydrogens is 369 g/mol. The Labute approximate surface area is 135 Å². The van der Waals surface area contributed by atoms with Gasteiger partial charge in [-0.3, -0.25) is 4.79 Å². The van der Waals surface area contributed by atoms with Gasteiger partial charge < -0.3 is 0 Å². The third-order valence-corrected chi connectivity index (χ3v) is 4.60. The Balaban J connectivity index is 2.01. The van der Waals surface area contributed by atoms with Gasteiger partial charge in [-0.05, 0) is 45.8 Å². The van der Waals surface area contributed by atoms with Crippen LogP contribution in [0.15, 0.2) is 45.8 Å². The zero-order valence-electron chi connectivity index (χ0n) is 11.0. The summed E-state index contributed by atoms with van der Waals surface area (Å²) in [6.45, 7) is 0. The van der Waals surface area contributed by atoms with E-state index in [1.54, 1.807) is 24.4 Å². The van der Waals surface area contributed by atoms with Gasteiger partial charge >= 0.3 is 0 Å². The standard InChI is InChI=1S/C15H7BrFN3OS/c16-9-6-11-13(18-7-9)20-14(21)12(22-15(20)19-11)5-8-2-1-3-10(17)4-8/h1-7H/b12-5-. The largest absolute Gasteiger partial charge is 0.276 e. The fourth-order valence-corrected chi connectivity index (χ4v) is 3.56. The van der Waals surface area contributed by atoms with Crippen molar-refractivity contribution in [3.8, 4) is 0 Å². The first kappa shape index (κ1) is 13.5. The molecule has 0 spiro atoms. The average Bonchev–Trinajstić information content (AvgIpc) is 2.96. The molecule has 0 atom stereocenters. The van der Waals surface area contributed by atoms with Crippen molar-refractivity contribution in [3.05, 3.63) is 67.3 Å². The first-order valence-electron chi connectivity index (χ1n) is 6.35. The SMILES string of the molecule is O=c1/c(=C/c2cccc(F)c2)sc2nc3cc(Br)cnc3n12. The molecule has 0 radical (unpaired) electrons. The van der Waals surface area contributed by atoms with Crippen LogP contribution in [0.5, 0.6) is 0 Å². The van der Waals surface area contributed by atoms with E-state index in [-0.39, 0.29) is 11.4 Å². The number of aromatic nitrogens is 3. The van der Waals surface area contributed by atoms with Gasteiger partial charge in [-0.2, -0.15) is 0 Å². The minimum absolute atomic E-state index is 0.193.